The Kier molecular flexibility index (Phi) is 5.50. The average molecular weight is 407 g/mol. The van der Waals surface area contributed by atoms with Crippen molar-refractivity contribution in [1.29, 1.82) is 0 Å². The summed E-state index contributed by atoms with van der Waals surface area (Å²) in [5.74, 6) is -0.563. The lowest BCUT2D eigenvalue weighted by Gasteiger charge is -2.22. The van der Waals surface area contributed by atoms with Crippen LogP contribution >= 0.6 is 0 Å². The van der Waals surface area contributed by atoms with Crippen molar-refractivity contribution in [3.05, 3.63) is 42.1 Å². The normalized spacial score (nSPS) is 18.0. The quantitative estimate of drug-likeness (QED) is 0.796. The number of aromatic nitrogens is 1. The number of pyridine rings is 1. The molecule has 0 saturated carbocycles. The third-order valence-electron chi connectivity index (χ3n) is 4.52. The fourth-order valence-electron chi connectivity index (χ4n) is 3.19. The van der Waals surface area contributed by atoms with Crippen LogP contribution in [0.4, 0.5) is 18.9 Å². The molecule has 2 aromatic rings. The van der Waals surface area contributed by atoms with Crippen LogP contribution in [-0.2, 0) is 16.0 Å². The number of hydrogen-bond donors (Lipinski definition) is 2. The SMILES string of the molecule is CC(=O)Nc1cccc(-c2ccnc3c2CC(C)(C(=O)NCCC(F)(F)F)O3)c1. The molecule has 0 radical (unpaired) electrons. The van der Waals surface area contributed by atoms with Crippen LogP contribution in [0.3, 0.4) is 0 Å². The maximum atomic E-state index is 12.5. The van der Waals surface area contributed by atoms with E-state index in [-0.39, 0.29) is 18.2 Å². The Morgan fingerprint density at radius 2 is 2.03 bits per heavy atom. The molecule has 1 aliphatic heterocycles. The first kappa shape index (κ1) is 20.6. The van der Waals surface area contributed by atoms with E-state index in [9.17, 15) is 22.8 Å². The number of carbonyl (C=O) groups is 2. The summed E-state index contributed by atoms with van der Waals surface area (Å²) in [6, 6.07) is 8.94. The van der Waals surface area contributed by atoms with Gasteiger partial charge in [-0.15, -0.1) is 0 Å². The molecule has 154 valence electrons. The fourth-order valence-corrected chi connectivity index (χ4v) is 3.19. The number of fused-ring (bicyclic) bond motifs is 1. The predicted molar refractivity (Wildman–Crippen MR) is 100 cm³/mol. The van der Waals surface area contributed by atoms with Crippen molar-refractivity contribution in [1.82, 2.24) is 10.3 Å². The lowest BCUT2D eigenvalue weighted by atomic mass is 9.93. The molecule has 1 aromatic carbocycles. The summed E-state index contributed by atoms with van der Waals surface area (Å²) in [6.45, 7) is 2.42. The second kappa shape index (κ2) is 7.73. The number of amides is 2. The monoisotopic (exact) mass is 407 g/mol. The third kappa shape index (κ3) is 4.85. The van der Waals surface area contributed by atoms with E-state index in [4.69, 9.17) is 4.74 Å². The van der Waals surface area contributed by atoms with Crippen molar-refractivity contribution in [3.8, 4) is 17.0 Å². The van der Waals surface area contributed by atoms with E-state index in [0.717, 1.165) is 11.1 Å². The highest BCUT2D eigenvalue weighted by Gasteiger charge is 2.44. The minimum Gasteiger partial charge on any atom is -0.461 e. The van der Waals surface area contributed by atoms with Gasteiger partial charge in [0.25, 0.3) is 5.91 Å². The van der Waals surface area contributed by atoms with Gasteiger partial charge in [-0.05, 0) is 36.2 Å². The molecule has 0 spiro atoms. The molecule has 1 atom stereocenters. The number of ether oxygens (including phenoxy) is 1. The molecule has 0 bridgehead atoms. The number of nitrogens with one attached hydrogen (secondary N) is 2. The van der Waals surface area contributed by atoms with Crippen LogP contribution in [0, 0.1) is 0 Å². The van der Waals surface area contributed by atoms with E-state index in [2.05, 4.69) is 15.6 Å². The van der Waals surface area contributed by atoms with Gasteiger partial charge in [-0.25, -0.2) is 4.98 Å². The maximum Gasteiger partial charge on any atom is 0.390 e. The van der Waals surface area contributed by atoms with Crippen LogP contribution in [0.2, 0.25) is 0 Å². The molecule has 6 nitrogen and oxygen atoms in total. The van der Waals surface area contributed by atoms with E-state index < -0.39 is 30.7 Å². The van der Waals surface area contributed by atoms with Gasteiger partial charge in [0, 0.05) is 37.3 Å². The number of benzene rings is 1. The minimum atomic E-state index is -4.35. The molecule has 29 heavy (non-hydrogen) atoms. The fraction of sp³-hybridized carbons (Fsp3) is 0.350. The van der Waals surface area contributed by atoms with Crippen molar-refractivity contribution < 1.29 is 27.5 Å². The van der Waals surface area contributed by atoms with E-state index in [0.29, 0.717) is 11.3 Å². The molecular weight excluding hydrogens is 387 g/mol. The van der Waals surface area contributed by atoms with Gasteiger partial charge in [0.1, 0.15) is 0 Å². The second-order valence-electron chi connectivity index (χ2n) is 7.03. The van der Waals surface area contributed by atoms with E-state index >= 15 is 0 Å². The molecule has 2 amide bonds. The Labute approximate surface area is 165 Å². The van der Waals surface area contributed by atoms with Gasteiger partial charge in [-0.3, -0.25) is 9.59 Å². The van der Waals surface area contributed by atoms with Crippen molar-refractivity contribution in [2.75, 3.05) is 11.9 Å². The second-order valence-corrected chi connectivity index (χ2v) is 7.03. The highest BCUT2D eigenvalue weighted by molar-refractivity contribution is 5.90. The van der Waals surface area contributed by atoms with Crippen molar-refractivity contribution >= 4 is 17.5 Å². The van der Waals surface area contributed by atoms with Crippen LogP contribution < -0.4 is 15.4 Å². The van der Waals surface area contributed by atoms with Crippen LogP contribution in [0.15, 0.2) is 36.5 Å². The summed E-state index contributed by atoms with van der Waals surface area (Å²) in [6.07, 6.45) is -3.76. The van der Waals surface area contributed by atoms with Gasteiger partial charge < -0.3 is 15.4 Å². The third-order valence-corrected chi connectivity index (χ3v) is 4.52. The van der Waals surface area contributed by atoms with Gasteiger partial charge >= 0.3 is 6.18 Å². The topological polar surface area (TPSA) is 80.3 Å². The first-order valence-corrected chi connectivity index (χ1v) is 8.97. The Morgan fingerprint density at radius 1 is 1.28 bits per heavy atom. The van der Waals surface area contributed by atoms with Crippen molar-refractivity contribution in [2.24, 2.45) is 0 Å². The standard InChI is InChI=1S/C20H20F3N3O3/c1-12(27)26-14-5-3-4-13(10-14)15-6-8-24-17-16(15)11-19(2,29-17)18(28)25-9-7-20(21,22)23/h3-6,8,10H,7,9,11H2,1-2H3,(H,25,28)(H,26,27). The number of hydrogen-bond acceptors (Lipinski definition) is 4. The summed E-state index contributed by atoms with van der Waals surface area (Å²) in [5, 5.41) is 5.00. The smallest absolute Gasteiger partial charge is 0.390 e. The Hall–Kier alpha value is -3.10. The Morgan fingerprint density at radius 3 is 2.72 bits per heavy atom. The predicted octanol–water partition coefficient (Wildman–Crippen LogP) is 3.47. The molecule has 0 aliphatic carbocycles. The Bertz CT molecular complexity index is 946. The van der Waals surface area contributed by atoms with E-state index in [1.54, 1.807) is 24.3 Å². The van der Waals surface area contributed by atoms with Gasteiger partial charge in [-0.1, -0.05) is 12.1 Å². The molecule has 2 N–H and O–H groups in total. The lowest BCUT2D eigenvalue weighted by molar-refractivity contribution is -0.140. The molecule has 1 aromatic heterocycles. The summed E-state index contributed by atoms with van der Waals surface area (Å²) in [5.41, 5.74) is 1.51. The molecular formula is C20H20F3N3O3. The number of carbonyl (C=O) groups excluding carboxylic acids is 2. The summed E-state index contributed by atoms with van der Waals surface area (Å²) < 4.78 is 42.7. The molecule has 1 aliphatic rings. The maximum absolute atomic E-state index is 12.5. The van der Waals surface area contributed by atoms with Gasteiger partial charge in [0.15, 0.2) is 5.60 Å². The average Bonchev–Trinajstić information content (AvgIpc) is 2.97. The van der Waals surface area contributed by atoms with Gasteiger partial charge in [0.2, 0.25) is 11.8 Å². The Balaban J connectivity index is 1.81. The van der Waals surface area contributed by atoms with E-state index in [1.807, 2.05) is 6.07 Å². The van der Waals surface area contributed by atoms with Crippen LogP contribution in [0.1, 0.15) is 25.8 Å². The van der Waals surface area contributed by atoms with Crippen LogP contribution in [0.25, 0.3) is 11.1 Å². The van der Waals surface area contributed by atoms with Crippen LogP contribution in [0.5, 0.6) is 5.88 Å². The largest absolute Gasteiger partial charge is 0.461 e. The number of halogens is 3. The minimum absolute atomic E-state index is 0.160. The molecule has 1 unspecified atom stereocenters. The molecule has 2 heterocycles. The summed E-state index contributed by atoms with van der Waals surface area (Å²) in [7, 11) is 0. The van der Waals surface area contributed by atoms with Crippen LogP contribution in [-0.4, -0.2) is 35.1 Å². The highest BCUT2D eigenvalue weighted by atomic mass is 19.4. The number of anilines is 1. The van der Waals surface area contributed by atoms with Gasteiger partial charge in [-0.2, -0.15) is 13.2 Å². The molecule has 0 saturated heterocycles. The number of rotatable bonds is 5. The summed E-state index contributed by atoms with van der Waals surface area (Å²) in [4.78, 5) is 27.9. The molecule has 0 fully saturated rings. The zero-order chi connectivity index (χ0) is 21.2. The zero-order valence-corrected chi connectivity index (χ0v) is 15.9. The summed E-state index contributed by atoms with van der Waals surface area (Å²) >= 11 is 0. The van der Waals surface area contributed by atoms with E-state index in [1.165, 1.54) is 20.0 Å². The lowest BCUT2D eigenvalue weighted by Crippen LogP contribution is -2.48. The number of nitrogens with zero attached hydrogens (tertiary/aromatic N) is 1. The first-order chi connectivity index (χ1) is 13.6. The molecule has 3 rings (SSSR count). The highest BCUT2D eigenvalue weighted by Crippen LogP contribution is 2.40. The first-order valence-electron chi connectivity index (χ1n) is 8.97. The number of alkyl halides is 3. The van der Waals surface area contributed by atoms with Crippen molar-refractivity contribution in [2.45, 2.75) is 38.5 Å². The molecule has 9 heteroatoms. The van der Waals surface area contributed by atoms with Gasteiger partial charge in [0.05, 0.1) is 6.42 Å². The van der Waals surface area contributed by atoms with Crippen molar-refractivity contribution in [3.63, 3.8) is 0 Å². The zero-order valence-electron chi connectivity index (χ0n) is 15.9.